The molecule has 1 amide bonds. The zero-order valence-electron chi connectivity index (χ0n) is 8.23. The maximum absolute atomic E-state index is 11.3. The van der Waals surface area contributed by atoms with Crippen molar-refractivity contribution in [3.8, 4) is 0 Å². The minimum atomic E-state index is -0.559. The van der Waals surface area contributed by atoms with E-state index in [2.05, 4.69) is 15.5 Å². The van der Waals surface area contributed by atoms with Gasteiger partial charge in [-0.1, -0.05) is 6.07 Å². The molecule has 0 atom stereocenters. The summed E-state index contributed by atoms with van der Waals surface area (Å²) in [4.78, 5) is 22.6. The van der Waals surface area contributed by atoms with E-state index in [1.54, 1.807) is 24.4 Å². The number of fused-ring (bicyclic) bond motifs is 3. The Kier molecular flexibility index (Phi) is 1.73. The second kappa shape index (κ2) is 3.10. The second-order valence-electron chi connectivity index (χ2n) is 3.62. The highest BCUT2D eigenvalue weighted by Gasteiger charge is 2.24. The van der Waals surface area contributed by atoms with Crippen molar-refractivity contribution in [3.63, 3.8) is 0 Å². The normalized spacial score (nSPS) is 14.8. The topological polar surface area (TPSA) is 72.0 Å². The number of Topliss-reactive ketones (excluding diaryl/α,β-unsaturated/α-hetero) is 1. The molecule has 0 fully saturated rings. The van der Waals surface area contributed by atoms with Gasteiger partial charge >= 0.3 is 0 Å². The third kappa shape index (κ3) is 1.18. The van der Waals surface area contributed by atoms with Crippen LogP contribution in [-0.4, -0.2) is 21.9 Å². The molecule has 1 aromatic heterocycles. The first-order chi connectivity index (χ1) is 7.75. The van der Waals surface area contributed by atoms with Gasteiger partial charge in [0.2, 0.25) is 5.78 Å². The van der Waals surface area contributed by atoms with Crippen LogP contribution in [0.2, 0.25) is 0 Å². The lowest BCUT2D eigenvalue weighted by atomic mass is 9.99. The first-order valence-electron chi connectivity index (χ1n) is 4.83. The van der Waals surface area contributed by atoms with Crippen molar-refractivity contribution in [2.45, 2.75) is 6.42 Å². The highest BCUT2D eigenvalue weighted by molar-refractivity contribution is 6.43. The van der Waals surface area contributed by atoms with Crippen LogP contribution < -0.4 is 5.32 Å². The van der Waals surface area contributed by atoms with E-state index in [-0.39, 0.29) is 6.42 Å². The van der Waals surface area contributed by atoms with Gasteiger partial charge in [-0.3, -0.25) is 9.59 Å². The Morgan fingerprint density at radius 3 is 2.94 bits per heavy atom. The quantitative estimate of drug-likeness (QED) is 0.653. The Balaban J connectivity index is 2.31. The summed E-state index contributed by atoms with van der Waals surface area (Å²) in [5.74, 6) is -0.967. The van der Waals surface area contributed by atoms with Crippen molar-refractivity contribution >= 4 is 28.3 Å². The number of benzene rings is 1. The molecule has 0 bridgehead atoms. The van der Waals surface area contributed by atoms with Gasteiger partial charge < -0.3 is 5.32 Å². The number of carbonyl (C=O) groups is 2. The number of nitrogens with zero attached hydrogens (tertiary/aromatic N) is 2. The fraction of sp³-hybridized carbons (Fsp3) is 0.0909. The van der Waals surface area contributed by atoms with E-state index < -0.39 is 11.7 Å². The van der Waals surface area contributed by atoms with E-state index in [1.165, 1.54) is 0 Å². The van der Waals surface area contributed by atoms with Gasteiger partial charge in [0.1, 0.15) is 0 Å². The molecule has 1 aromatic carbocycles. The minimum absolute atomic E-state index is 0.152. The van der Waals surface area contributed by atoms with E-state index in [0.717, 1.165) is 10.9 Å². The maximum Gasteiger partial charge on any atom is 0.292 e. The summed E-state index contributed by atoms with van der Waals surface area (Å²) in [6.07, 6.45) is 1.71. The van der Waals surface area contributed by atoms with Gasteiger partial charge in [-0.25, -0.2) is 0 Å². The first kappa shape index (κ1) is 8.96. The predicted octanol–water partition coefficient (Wildman–Crippen LogP) is 0.693. The van der Waals surface area contributed by atoms with E-state index in [1.807, 2.05) is 0 Å². The number of aromatic nitrogens is 2. The minimum Gasteiger partial charge on any atom is -0.319 e. The fourth-order valence-corrected chi connectivity index (χ4v) is 1.84. The zero-order chi connectivity index (χ0) is 11.1. The number of amides is 1. The molecule has 0 unspecified atom stereocenters. The van der Waals surface area contributed by atoms with E-state index in [0.29, 0.717) is 11.2 Å². The van der Waals surface area contributed by atoms with E-state index in [9.17, 15) is 9.59 Å². The molecule has 1 aliphatic rings. The van der Waals surface area contributed by atoms with Crippen molar-refractivity contribution in [1.29, 1.82) is 0 Å². The molecule has 0 radical (unpaired) electrons. The Morgan fingerprint density at radius 2 is 2.06 bits per heavy atom. The van der Waals surface area contributed by atoms with Gasteiger partial charge in [0.25, 0.3) is 5.91 Å². The summed E-state index contributed by atoms with van der Waals surface area (Å²) in [7, 11) is 0. The number of hydrogen-bond acceptors (Lipinski definition) is 4. The van der Waals surface area contributed by atoms with Gasteiger partial charge in [0.15, 0.2) is 0 Å². The lowest BCUT2D eigenvalue weighted by Gasteiger charge is -2.17. The Labute approximate surface area is 90.5 Å². The van der Waals surface area contributed by atoms with Crippen LogP contribution in [0.15, 0.2) is 24.4 Å². The van der Waals surface area contributed by atoms with Gasteiger partial charge in [0, 0.05) is 11.8 Å². The molecule has 5 heteroatoms. The average molecular weight is 213 g/mol. The van der Waals surface area contributed by atoms with Crippen molar-refractivity contribution in [3.05, 3.63) is 30.0 Å². The first-order valence-corrected chi connectivity index (χ1v) is 4.83. The number of ketones is 1. The van der Waals surface area contributed by atoms with Gasteiger partial charge in [0.05, 0.1) is 17.4 Å². The van der Waals surface area contributed by atoms with Crippen LogP contribution >= 0.6 is 0 Å². The second-order valence-corrected chi connectivity index (χ2v) is 3.62. The van der Waals surface area contributed by atoms with Gasteiger partial charge in [-0.2, -0.15) is 10.2 Å². The highest BCUT2D eigenvalue weighted by Crippen LogP contribution is 2.28. The molecule has 1 N–H and O–H groups in total. The average Bonchev–Trinajstić information content (AvgIpc) is 2.31. The smallest absolute Gasteiger partial charge is 0.292 e. The van der Waals surface area contributed by atoms with Crippen LogP contribution in [-0.2, 0) is 16.0 Å². The molecule has 2 heterocycles. The molecule has 3 rings (SSSR count). The van der Waals surface area contributed by atoms with Crippen LogP contribution in [0.4, 0.5) is 5.69 Å². The summed E-state index contributed by atoms with van der Waals surface area (Å²) in [6.45, 7) is 0. The fourth-order valence-electron chi connectivity index (χ4n) is 1.84. The Hall–Kier alpha value is -2.30. The number of anilines is 1. The third-order valence-electron chi connectivity index (χ3n) is 2.62. The Morgan fingerprint density at radius 1 is 1.19 bits per heavy atom. The Bertz CT molecular complexity index is 622. The number of carbonyl (C=O) groups excluding carboxylic acids is 2. The van der Waals surface area contributed by atoms with Crippen LogP contribution in [0.5, 0.6) is 0 Å². The molecule has 0 aliphatic carbocycles. The van der Waals surface area contributed by atoms with E-state index in [4.69, 9.17) is 0 Å². The van der Waals surface area contributed by atoms with E-state index >= 15 is 0 Å². The molecule has 0 saturated carbocycles. The van der Waals surface area contributed by atoms with Crippen LogP contribution in [0.3, 0.4) is 0 Å². The van der Waals surface area contributed by atoms with Crippen molar-refractivity contribution in [1.82, 2.24) is 10.2 Å². The van der Waals surface area contributed by atoms with Crippen LogP contribution in [0.1, 0.15) is 5.56 Å². The zero-order valence-corrected chi connectivity index (χ0v) is 8.23. The van der Waals surface area contributed by atoms with Crippen molar-refractivity contribution < 1.29 is 9.59 Å². The lowest BCUT2D eigenvalue weighted by molar-refractivity contribution is -0.134. The molecule has 2 aromatic rings. The number of hydrogen-bond donors (Lipinski definition) is 1. The third-order valence-corrected chi connectivity index (χ3v) is 2.62. The molecule has 78 valence electrons. The lowest BCUT2D eigenvalue weighted by Crippen LogP contribution is -2.29. The molecule has 16 heavy (non-hydrogen) atoms. The van der Waals surface area contributed by atoms with Crippen LogP contribution in [0.25, 0.3) is 10.9 Å². The highest BCUT2D eigenvalue weighted by atomic mass is 16.2. The summed E-state index contributed by atoms with van der Waals surface area (Å²) in [6, 6.07) is 5.37. The standard InChI is InChI=1S/C11H7N3O2/c15-9-5-6-1-2-8-7(3-4-12-14-8)10(6)13-11(9)16/h1-4H,5H2,(H,13,16). The summed E-state index contributed by atoms with van der Waals surface area (Å²) >= 11 is 0. The van der Waals surface area contributed by atoms with Crippen LogP contribution in [0, 0.1) is 0 Å². The summed E-state index contributed by atoms with van der Waals surface area (Å²) in [5.41, 5.74) is 2.21. The predicted molar refractivity (Wildman–Crippen MR) is 56.9 cm³/mol. The summed E-state index contributed by atoms with van der Waals surface area (Å²) in [5, 5.41) is 11.1. The van der Waals surface area contributed by atoms with Crippen molar-refractivity contribution in [2.24, 2.45) is 0 Å². The molecule has 0 saturated heterocycles. The monoisotopic (exact) mass is 213 g/mol. The number of nitrogens with one attached hydrogen (secondary N) is 1. The molecule has 5 nitrogen and oxygen atoms in total. The SMILES string of the molecule is O=C1Cc2ccc3nnccc3c2NC1=O. The largest absolute Gasteiger partial charge is 0.319 e. The molecule has 0 spiro atoms. The number of rotatable bonds is 0. The molecular weight excluding hydrogens is 206 g/mol. The van der Waals surface area contributed by atoms with Gasteiger partial charge in [-0.15, -0.1) is 0 Å². The summed E-state index contributed by atoms with van der Waals surface area (Å²) < 4.78 is 0. The maximum atomic E-state index is 11.3. The molecular formula is C11H7N3O2. The van der Waals surface area contributed by atoms with Gasteiger partial charge in [-0.05, 0) is 17.7 Å². The molecule has 1 aliphatic heterocycles. The van der Waals surface area contributed by atoms with Crippen molar-refractivity contribution in [2.75, 3.05) is 5.32 Å².